The van der Waals surface area contributed by atoms with Gasteiger partial charge in [-0.1, -0.05) is 13.8 Å². The zero-order valence-corrected chi connectivity index (χ0v) is 12.7. The van der Waals surface area contributed by atoms with Gasteiger partial charge >= 0.3 is 0 Å². The molecule has 1 aromatic carbocycles. The molecular formula is C15H25N3O2. The lowest BCUT2D eigenvalue weighted by Crippen LogP contribution is -2.27. The molecule has 0 bridgehead atoms. The van der Waals surface area contributed by atoms with E-state index in [9.17, 15) is 4.79 Å². The fourth-order valence-electron chi connectivity index (χ4n) is 1.86. The number of nitrogens with zero attached hydrogens (tertiary/aromatic N) is 1. The van der Waals surface area contributed by atoms with Gasteiger partial charge in [0.25, 0.3) is 5.91 Å². The van der Waals surface area contributed by atoms with E-state index in [4.69, 9.17) is 10.8 Å². The molecule has 1 rings (SSSR count). The number of hydrogen-bond acceptors (Lipinski definition) is 4. The summed E-state index contributed by atoms with van der Waals surface area (Å²) in [7, 11) is 3.44. The molecule has 0 unspecified atom stereocenters. The van der Waals surface area contributed by atoms with Crippen LogP contribution in [0.25, 0.3) is 0 Å². The molecule has 20 heavy (non-hydrogen) atoms. The number of nitrogens with one attached hydrogen (secondary N) is 1. The summed E-state index contributed by atoms with van der Waals surface area (Å²) in [5, 5.41) is 12.3. The predicted molar refractivity (Wildman–Crippen MR) is 82.8 cm³/mol. The molecule has 0 saturated heterocycles. The number of aliphatic hydroxyl groups excluding tert-OH is 1. The fourth-order valence-corrected chi connectivity index (χ4v) is 1.86. The van der Waals surface area contributed by atoms with Crippen molar-refractivity contribution in [1.29, 1.82) is 0 Å². The Kier molecular flexibility index (Phi) is 5.39. The van der Waals surface area contributed by atoms with Crippen molar-refractivity contribution in [3.63, 3.8) is 0 Å². The van der Waals surface area contributed by atoms with Gasteiger partial charge in [0.1, 0.15) is 0 Å². The van der Waals surface area contributed by atoms with Gasteiger partial charge in [0.2, 0.25) is 0 Å². The molecule has 0 saturated carbocycles. The molecular weight excluding hydrogens is 254 g/mol. The Hall–Kier alpha value is -1.75. The molecule has 1 amide bonds. The summed E-state index contributed by atoms with van der Waals surface area (Å²) in [6.45, 7) is 4.94. The third-order valence-electron chi connectivity index (χ3n) is 3.23. The first kappa shape index (κ1) is 16.3. The third-order valence-corrected chi connectivity index (χ3v) is 3.23. The quantitative estimate of drug-likeness (QED) is 0.694. The maximum atomic E-state index is 12.1. The highest BCUT2D eigenvalue weighted by Gasteiger charge is 2.19. The Morgan fingerprint density at radius 2 is 2.05 bits per heavy atom. The maximum absolute atomic E-state index is 12.1. The average molecular weight is 279 g/mol. The van der Waals surface area contributed by atoms with Gasteiger partial charge in [0.05, 0.1) is 5.56 Å². The maximum Gasteiger partial charge on any atom is 0.255 e. The lowest BCUT2D eigenvalue weighted by Gasteiger charge is -2.25. The molecule has 0 heterocycles. The predicted octanol–water partition coefficient (Wildman–Crippen LogP) is 1.79. The summed E-state index contributed by atoms with van der Waals surface area (Å²) < 4.78 is 0. The van der Waals surface area contributed by atoms with E-state index < -0.39 is 0 Å². The third kappa shape index (κ3) is 4.42. The molecule has 0 aromatic heterocycles. The van der Waals surface area contributed by atoms with Crippen molar-refractivity contribution in [1.82, 2.24) is 4.90 Å². The minimum Gasteiger partial charge on any atom is -0.399 e. The van der Waals surface area contributed by atoms with Crippen LogP contribution in [0.4, 0.5) is 11.4 Å². The van der Waals surface area contributed by atoms with Crippen LogP contribution in [-0.4, -0.2) is 43.2 Å². The number of nitrogens with two attached hydrogens (primary N) is 1. The Balaban J connectivity index is 2.93. The van der Waals surface area contributed by atoms with Gasteiger partial charge in [-0.2, -0.15) is 0 Å². The second-order valence-corrected chi connectivity index (χ2v) is 6.00. The van der Waals surface area contributed by atoms with Crippen molar-refractivity contribution >= 4 is 17.3 Å². The lowest BCUT2D eigenvalue weighted by molar-refractivity contribution is 0.0828. The number of amides is 1. The van der Waals surface area contributed by atoms with E-state index >= 15 is 0 Å². The van der Waals surface area contributed by atoms with Crippen molar-refractivity contribution in [3.05, 3.63) is 23.8 Å². The Morgan fingerprint density at radius 3 is 2.60 bits per heavy atom. The van der Waals surface area contributed by atoms with Gasteiger partial charge < -0.3 is 21.1 Å². The summed E-state index contributed by atoms with van der Waals surface area (Å²) in [5.41, 5.74) is 7.68. The van der Waals surface area contributed by atoms with Gasteiger partial charge in [0, 0.05) is 38.6 Å². The number of anilines is 2. The Labute approximate surface area is 120 Å². The van der Waals surface area contributed by atoms with Crippen molar-refractivity contribution in [2.45, 2.75) is 20.3 Å². The smallest absolute Gasteiger partial charge is 0.255 e. The van der Waals surface area contributed by atoms with E-state index in [1.165, 1.54) is 4.90 Å². The number of carbonyl (C=O) groups is 1. The highest BCUT2D eigenvalue weighted by atomic mass is 16.3. The summed E-state index contributed by atoms with van der Waals surface area (Å²) in [5.74, 6) is -0.0625. The van der Waals surface area contributed by atoms with Gasteiger partial charge in [-0.25, -0.2) is 0 Å². The van der Waals surface area contributed by atoms with Gasteiger partial charge in [0.15, 0.2) is 0 Å². The van der Waals surface area contributed by atoms with Crippen molar-refractivity contribution < 1.29 is 9.90 Å². The van der Waals surface area contributed by atoms with Crippen LogP contribution in [0.3, 0.4) is 0 Å². The minimum atomic E-state index is -0.0625. The van der Waals surface area contributed by atoms with E-state index in [-0.39, 0.29) is 17.9 Å². The largest absolute Gasteiger partial charge is 0.399 e. The average Bonchev–Trinajstić information content (AvgIpc) is 2.35. The van der Waals surface area contributed by atoms with Crippen molar-refractivity contribution in [3.8, 4) is 0 Å². The molecule has 112 valence electrons. The monoisotopic (exact) mass is 279 g/mol. The first-order valence-electron chi connectivity index (χ1n) is 6.73. The second-order valence-electron chi connectivity index (χ2n) is 6.00. The normalized spacial score (nSPS) is 11.2. The Bertz CT molecular complexity index is 470. The van der Waals surface area contributed by atoms with E-state index in [0.717, 1.165) is 5.69 Å². The highest BCUT2D eigenvalue weighted by molar-refractivity contribution is 6.00. The second kappa shape index (κ2) is 6.61. The standard InChI is InChI=1S/C15H25N3O2/c1-15(2,7-8-19)10-17-13-9-11(16)5-6-12(13)14(20)18(3)4/h5-6,9,17,19H,7-8,10,16H2,1-4H3. The topological polar surface area (TPSA) is 78.6 Å². The zero-order chi connectivity index (χ0) is 15.3. The van der Waals surface area contributed by atoms with Crippen LogP contribution in [0.2, 0.25) is 0 Å². The summed E-state index contributed by atoms with van der Waals surface area (Å²) >= 11 is 0. The molecule has 4 N–H and O–H groups in total. The van der Waals surface area contributed by atoms with E-state index in [2.05, 4.69) is 19.2 Å². The zero-order valence-electron chi connectivity index (χ0n) is 12.7. The van der Waals surface area contributed by atoms with Crippen LogP contribution in [0, 0.1) is 5.41 Å². The van der Waals surface area contributed by atoms with E-state index in [1.807, 2.05) is 0 Å². The molecule has 0 aliphatic heterocycles. The summed E-state index contributed by atoms with van der Waals surface area (Å²) in [6, 6.07) is 5.23. The molecule has 0 aliphatic rings. The molecule has 5 heteroatoms. The SMILES string of the molecule is CN(C)C(=O)c1ccc(N)cc1NCC(C)(C)CCO. The molecule has 5 nitrogen and oxygen atoms in total. The lowest BCUT2D eigenvalue weighted by atomic mass is 9.89. The molecule has 0 fully saturated rings. The molecule has 0 aliphatic carbocycles. The van der Waals surface area contributed by atoms with Gasteiger partial charge in [-0.3, -0.25) is 4.79 Å². The van der Waals surface area contributed by atoms with Crippen LogP contribution in [0.15, 0.2) is 18.2 Å². The van der Waals surface area contributed by atoms with Crippen LogP contribution >= 0.6 is 0 Å². The highest BCUT2D eigenvalue weighted by Crippen LogP contribution is 2.24. The first-order chi connectivity index (χ1) is 9.26. The van der Waals surface area contributed by atoms with Gasteiger partial charge in [-0.05, 0) is 30.0 Å². The number of carbonyl (C=O) groups excluding carboxylic acids is 1. The molecule has 1 aromatic rings. The molecule has 0 spiro atoms. The minimum absolute atomic E-state index is 0.0578. The van der Waals surface area contributed by atoms with Crippen LogP contribution < -0.4 is 11.1 Å². The van der Waals surface area contributed by atoms with Crippen LogP contribution in [0.1, 0.15) is 30.6 Å². The summed E-state index contributed by atoms with van der Waals surface area (Å²) in [6.07, 6.45) is 0.694. The molecule has 0 atom stereocenters. The van der Waals surface area contributed by atoms with Crippen molar-refractivity contribution in [2.24, 2.45) is 5.41 Å². The fraction of sp³-hybridized carbons (Fsp3) is 0.533. The number of rotatable bonds is 6. The first-order valence-corrected chi connectivity index (χ1v) is 6.73. The van der Waals surface area contributed by atoms with Crippen LogP contribution in [-0.2, 0) is 0 Å². The van der Waals surface area contributed by atoms with E-state index in [1.54, 1.807) is 32.3 Å². The summed E-state index contributed by atoms with van der Waals surface area (Å²) in [4.78, 5) is 13.7. The van der Waals surface area contributed by atoms with E-state index in [0.29, 0.717) is 24.2 Å². The Morgan fingerprint density at radius 1 is 1.40 bits per heavy atom. The van der Waals surface area contributed by atoms with Gasteiger partial charge in [-0.15, -0.1) is 0 Å². The molecule has 0 radical (unpaired) electrons. The van der Waals surface area contributed by atoms with Crippen LogP contribution in [0.5, 0.6) is 0 Å². The number of aliphatic hydroxyl groups is 1. The number of benzene rings is 1. The van der Waals surface area contributed by atoms with Crippen molar-refractivity contribution in [2.75, 3.05) is 38.3 Å². The number of nitrogen functional groups attached to an aromatic ring is 1. The number of hydrogen-bond donors (Lipinski definition) is 3.